The van der Waals surface area contributed by atoms with E-state index in [1.165, 1.54) is 58.0 Å². The van der Waals surface area contributed by atoms with Crippen molar-refractivity contribution in [2.24, 2.45) is 11.1 Å². The summed E-state index contributed by atoms with van der Waals surface area (Å²) in [6.07, 6.45) is 9.69. The van der Waals surface area contributed by atoms with E-state index in [-0.39, 0.29) is 0 Å². The fraction of sp³-hybridized carbons (Fsp3) is 1.00. The lowest BCUT2D eigenvalue weighted by molar-refractivity contribution is 0.267. The Bertz CT molecular complexity index is 256. The van der Waals surface area contributed by atoms with Crippen LogP contribution in [0.1, 0.15) is 44.9 Å². The molecule has 0 amide bonds. The van der Waals surface area contributed by atoms with Crippen molar-refractivity contribution < 1.29 is 0 Å². The summed E-state index contributed by atoms with van der Waals surface area (Å²) in [6.45, 7) is 4.63. The van der Waals surface area contributed by atoms with Gasteiger partial charge in [0.2, 0.25) is 0 Å². The van der Waals surface area contributed by atoms with Crippen LogP contribution in [0.5, 0.6) is 0 Å². The Morgan fingerprint density at radius 1 is 1.18 bits per heavy atom. The molecule has 17 heavy (non-hydrogen) atoms. The van der Waals surface area contributed by atoms with Gasteiger partial charge in [0.25, 0.3) is 0 Å². The molecule has 1 saturated heterocycles. The van der Waals surface area contributed by atoms with Crippen LogP contribution in [0, 0.1) is 5.41 Å². The van der Waals surface area contributed by atoms with Gasteiger partial charge in [-0.1, -0.05) is 12.8 Å². The van der Waals surface area contributed by atoms with E-state index in [0.717, 1.165) is 25.2 Å². The molecule has 3 aliphatic rings. The molecule has 2 saturated carbocycles. The molecule has 3 heteroatoms. The van der Waals surface area contributed by atoms with Gasteiger partial charge in [0.05, 0.1) is 0 Å². The van der Waals surface area contributed by atoms with Gasteiger partial charge < -0.3 is 11.1 Å². The predicted octanol–water partition coefficient (Wildman–Crippen LogP) is 1.33. The van der Waals surface area contributed by atoms with E-state index < -0.39 is 0 Å². The number of nitrogens with one attached hydrogen (secondary N) is 1. The average Bonchev–Trinajstić information content (AvgIpc) is 2.94. The SMILES string of the molecule is NCC1(CNC2CCN(C3CC3)C2)CCCC1. The molecule has 1 atom stereocenters. The lowest BCUT2D eigenvalue weighted by Crippen LogP contribution is -2.43. The number of nitrogens with zero attached hydrogens (tertiary/aromatic N) is 1. The number of nitrogens with two attached hydrogens (primary N) is 1. The molecule has 0 aromatic rings. The minimum atomic E-state index is 0.438. The Morgan fingerprint density at radius 2 is 1.94 bits per heavy atom. The zero-order chi connectivity index (χ0) is 11.7. The van der Waals surface area contributed by atoms with E-state index >= 15 is 0 Å². The van der Waals surface area contributed by atoms with E-state index in [1.54, 1.807) is 0 Å². The predicted molar refractivity (Wildman–Crippen MR) is 71.0 cm³/mol. The first-order chi connectivity index (χ1) is 8.31. The molecule has 1 heterocycles. The molecule has 1 unspecified atom stereocenters. The van der Waals surface area contributed by atoms with Crippen molar-refractivity contribution in [3.63, 3.8) is 0 Å². The summed E-state index contributed by atoms with van der Waals surface area (Å²) in [5.41, 5.74) is 6.43. The van der Waals surface area contributed by atoms with Gasteiger partial charge in [-0.25, -0.2) is 0 Å². The second-order valence-electron chi connectivity index (χ2n) is 6.50. The normalized spacial score (nSPS) is 33.4. The molecule has 1 aliphatic heterocycles. The van der Waals surface area contributed by atoms with Crippen LogP contribution < -0.4 is 11.1 Å². The van der Waals surface area contributed by atoms with Crippen LogP contribution in [0.15, 0.2) is 0 Å². The Balaban J connectivity index is 1.44. The van der Waals surface area contributed by atoms with E-state index in [0.29, 0.717) is 5.41 Å². The van der Waals surface area contributed by atoms with Gasteiger partial charge in [0, 0.05) is 31.7 Å². The Labute approximate surface area is 105 Å². The van der Waals surface area contributed by atoms with E-state index in [9.17, 15) is 0 Å². The van der Waals surface area contributed by atoms with Gasteiger partial charge in [-0.2, -0.15) is 0 Å². The fourth-order valence-corrected chi connectivity index (χ4v) is 3.66. The number of likely N-dealkylation sites (tertiary alicyclic amines) is 1. The summed E-state index contributed by atoms with van der Waals surface area (Å²) in [5, 5.41) is 3.81. The zero-order valence-electron chi connectivity index (χ0n) is 11.0. The van der Waals surface area contributed by atoms with Gasteiger partial charge in [0.15, 0.2) is 0 Å². The van der Waals surface area contributed by atoms with Gasteiger partial charge in [0.1, 0.15) is 0 Å². The number of hydrogen-bond acceptors (Lipinski definition) is 3. The van der Waals surface area contributed by atoms with Gasteiger partial charge in [-0.15, -0.1) is 0 Å². The minimum absolute atomic E-state index is 0.438. The Kier molecular flexibility index (Phi) is 3.42. The lowest BCUT2D eigenvalue weighted by atomic mass is 9.86. The molecule has 2 aliphatic carbocycles. The molecular formula is C14H27N3. The molecule has 0 bridgehead atoms. The highest BCUT2D eigenvalue weighted by molar-refractivity contribution is 4.94. The topological polar surface area (TPSA) is 41.3 Å². The Hall–Kier alpha value is -0.120. The maximum Gasteiger partial charge on any atom is 0.0207 e. The third kappa shape index (κ3) is 2.67. The van der Waals surface area contributed by atoms with Crippen molar-refractivity contribution in [1.29, 1.82) is 0 Å². The summed E-state index contributed by atoms with van der Waals surface area (Å²) in [4.78, 5) is 2.68. The van der Waals surface area contributed by atoms with E-state index in [1.807, 2.05) is 0 Å². The van der Waals surface area contributed by atoms with E-state index in [2.05, 4.69) is 10.2 Å². The molecule has 3 N–H and O–H groups in total. The van der Waals surface area contributed by atoms with Crippen molar-refractivity contribution in [2.75, 3.05) is 26.2 Å². The molecule has 0 radical (unpaired) electrons. The van der Waals surface area contributed by atoms with Gasteiger partial charge in [-0.3, -0.25) is 4.90 Å². The fourth-order valence-electron chi connectivity index (χ4n) is 3.66. The van der Waals surface area contributed by atoms with Crippen LogP contribution in [0.25, 0.3) is 0 Å². The highest BCUT2D eigenvalue weighted by Crippen LogP contribution is 2.37. The third-order valence-electron chi connectivity index (χ3n) is 5.15. The van der Waals surface area contributed by atoms with Crippen LogP contribution in [0.3, 0.4) is 0 Å². The second kappa shape index (κ2) is 4.87. The summed E-state index contributed by atoms with van der Waals surface area (Å²) >= 11 is 0. The summed E-state index contributed by atoms with van der Waals surface area (Å²) in [7, 11) is 0. The third-order valence-corrected chi connectivity index (χ3v) is 5.15. The van der Waals surface area contributed by atoms with Crippen molar-refractivity contribution in [2.45, 2.75) is 57.0 Å². The quantitative estimate of drug-likeness (QED) is 0.758. The summed E-state index contributed by atoms with van der Waals surface area (Å²) in [5.74, 6) is 0. The highest BCUT2D eigenvalue weighted by Gasteiger charge is 2.36. The molecule has 0 aromatic heterocycles. The van der Waals surface area contributed by atoms with Crippen LogP contribution in [0.2, 0.25) is 0 Å². The largest absolute Gasteiger partial charge is 0.330 e. The maximum atomic E-state index is 5.99. The van der Waals surface area contributed by atoms with Crippen LogP contribution in [0.4, 0.5) is 0 Å². The molecule has 3 rings (SSSR count). The molecular weight excluding hydrogens is 210 g/mol. The molecule has 3 nitrogen and oxygen atoms in total. The number of hydrogen-bond donors (Lipinski definition) is 2. The molecule has 0 aromatic carbocycles. The standard InChI is InChI=1S/C14H27N3/c15-10-14(6-1-2-7-14)11-16-12-5-8-17(9-12)13-3-4-13/h12-13,16H,1-11,15H2. The van der Waals surface area contributed by atoms with Crippen molar-refractivity contribution in [1.82, 2.24) is 10.2 Å². The maximum absolute atomic E-state index is 5.99. The van der Waals surface area contributed by atoms with Crippen molar-refractivity contribution in [3.05, 3.63) is 0 Å². The lowest BCUT2D eigenvalue weighted by Gasteiger charge is -2.29. The molecule has 3 fully saturated rings. The summed E-state index contributed by atoms with van der Waals surface area (Å²) in [6, 6.07) is 1.68. The second-order valence-corrected chi connectivity index (χ2v) is 6.50. The highest BCUT2D eigenvalue weighted by atomic mass is 15.2. The Morgan fingerprint density at radius 3 is 2.59 bits per heavy atom. The van der Waals surface area contributed by atoms with Crippen molar-refractivity contribution >= 4 is 0 Å². The zero-order valence-corrected chi connectivity index (χ0v) is 11.0. The first-order valence-corrected chi connectivity index (χ1v) is 7.49. The van der Waals surface area contributed by atoms with Crippen LogP contribution >= 0.6 is 0 Å². The minimum Gasteiger partial charge on any atom is -0.330 e. The number of rotatable bonds is 5. The molecule has 0 spiro atoms. The first kappa shape index (κ1) is 11.9. The van der Waals surface area contributed by atoms with Crippen LogP contribution in [-0.2, 0) is 0 Å². The van der Waals surface area contributed by atoms with Gasteiger partial charge >= 0.3 is 0 Å². The van der Waals surface area contributed by atoms with Crippen LogP contribution in [-0.4, -0.2) is 43.2 Å². The molecule has 98 valence electrons. The summed E-state index contributed by atoms with van der Waals surface area (Å²) < 4.78 is 0. The monoisotopic (exact) mass is 237 g/mol. The average molecular weight is 237 g/mol. The van der Waals surface area contributed by atoms with Crippen molar-refractivity contribution in [3.8, 4) is 0 Å². The van der Waals surface area contributed by atoms with Gasteiger partial charge in [-0.05, 0) is 44.1 Å². The van der Waals surface area contributed by atoms with E-state index in [4.69, 9.17) is 5.73 Å². The smallest absolute Gasteiger partial charge is 0.0207 e. The first-order valence-electron chi connectivity index (χ1n) is 7.49.